The maximum atomic E-state index is 4.24. The predicted octanol–water partition coefficient (Wildman–Crippen LogP) is 3.22. The van der Waals surface area contributed by atoms with Gasteiger partial charge >= 0.3 is 0 Å². The number of anilines is 2. The number of aromatic amines is 1. The minimum absolute atomic E-state index is 0.535. The van der Waals surface area contributed by atoms with E-state index < -0.39 is 0 Å². The highest BCUT2D eigenvalue weighted by Gasteiger charge is 2.06. The van der Waals surface area contributed by atoms with Crippen molar-refractivity contribution < 1.29 is 0 Å². The van der Waals surface area contributed by atoms with E-state index >= 15 is 0 Å². The average molecular weight is 253 g/mol. The lowest BCUT2D eigenvalue weighted by Crippen LogP contribution is -1.96. The maximum absolute atomic E-state index is 4.24. The van der Waals surface area contributed by atoms with Gasteiger partial charge in [0.15, 0.2) is 11.5 Å². The van der Waals surface area contributed by atoms with Crippen molar-refractivity contribution in [2.75, 3.05) is 5.32 Å². The summed E-state index contributed by atoms with van der Waals surface area (Å²) in [4.78, 5) is 15.5. The van der Waals surface area contributed by atoms with E-state index in [9.17, 15) is 0 Å². The van der Waals surface area contributed by atoms with Crippen LogP contribution in [0.3, 0.4) is 0 Å². The summed E-state index contributed by atoms with van der Waals surface area (Å²) < 4.78 is 0. The molecule has 2 heterocycles. The monoisotopic (exact) mass is 253 g/mol. The van der Waals surface area contributed by atoms with Crippen LogP contribution in [-0.4, -0.2) is 19.9 Å². The number of nitrogens with one attached hydrogen (secondary N) is 2. The number of aromatic nitrogens is 4. The highest BCUT2D eigenvalue weighted by Crippen LogP contribution is 2.22. The molecule has 3 rings (SSSR count). The molecular weight excluding hydrogens is 238 g/mol. The SMILES string of the molecule is CC(C)c1ccc(Nc2ncnc3nc[nH]c23)cc1. The normalized spacial score (nSPS) is 11.1. The van der Waals surface area contributed by atoms with Crippen molar-refractivity contribution in [1.82, 2.24) is 19.9 Å². The van der Waals surface area contributed by atoms with Gasteiger partial charge in [0.2, 0.25) is 0 Å². The highest BCUT2D eigenvalue weighted by molar-refractivity contribution is 5.84. The fraction of sp³-hybridized carbons (Fsp3) is 0.214. The summed E-state index contributed by atoms with van der Waals surface area (Å²) in [5.41, 5.74) is 3.80. The Bertz CT molecular complexity index is 684. The van der Waals surface area contributed by atoms with Crippen LogP contribution in [0.25, 0.3) is 11.2 Å². The van der Waals surface area contributed by atoms with Gasteiger partial charge in [-0.05, 0) is 23.6 Å². The van der Waals surface area contributed by atoms with Crippen LogP contribution in [0.2, 0.25) is 0 Å². The molecule has 0 aliphatic heterocycles. The molecule has 0 radical (unpaired) electrons. The van der Waals surface area contributed by atoms with Gasteiger partial charge in [-0.25, -0.2) is 15.0 Å². The molecule has 0 atom stereocenters. The first-order valence-corrected chi connectivity index (χ1v) is 6.25. The maximum Gasteiger partial charge on any atom is 0.182 e. The van der Waals surface area contributed by atoms with Gasteiger partial charge in [-0.2, -0.15) is 0 Å². The van der Waals surface area contributed by atoms with Crippen LogP contribution in [0.1, 0.15) is 25.3 Å². The topological polar surface area (TPSA) is 66.5 Å². The zero-order valence-electron chi connectivity index (χ0n) is 10.9. The van der Waals surface area contributed by atoms with E-state index in [2.05, 4.69) is 63.4 Å². The number of rotatable bonds is 3. The van der Waals surface area contributed by atoms with Crippen molar-refractivity contribution in [2.24, 2.45) is 0 Å². The Kier molecular flexibility index (Phi) is 2.87. The van der Waals surface area contributed by atoms with Gasteiger partial charge in [0, 0.05) is 5.69 Å². The molecule has 0 bridgehead atoms. The number of nitrogens with zero attached hydrogens (tertiary/aromatic N) is 3. The molecule has 1 aromatic carbocycles. The fourth-order valence-electron chi connectivity index (χ4n) is 1.95. The van der Waals surface area contributed by atoms with Gasteiger partial charge < -0.3 is 10.3 Å². The van der Waals surface area contributed by atoms with Gasteiger partial charge in [-0.3, -0.25) is 0 Å². The Labute approximate surface area is 111 Å². The molecule has 5 nitrogen and oxygen atoms in total. The number of imidazole rings is 1. The molecule has 19 heavy (non-hydrogen) atoms. The lowest BCUT2D eigenvalue weighted by atomic mass is 10.0. The zero-order valence-corrected chi connectivity index (χ0v) is 10.9. The second-order valence-electron chi connectivity index (χ2n) is 4.73. The van der Waals surface area contributed by atoms with Crippen molar-refractivity contribution in [2.45, 2.75) is 19.8 Å². The van der Waals surface area contributed by atoms with Crippen LogP contribution in [0.4, 0.5) is 11.5 Å². The number of hydrogen-bond donors (Lipinski definition) is 2. The second-order valence-corrected chi connectivity index (χ2v) is 4.73. The second kappa shape index (κ2) is 4.68. The molecule has 0 spiro atoms. The minimum Gasteiger partial charge on any atom is -0.340 e. The van der Waals surface area contributed by atoms with Gasteiger partial charge in [-0.1, -0.05) is 26.0 Å². The molecule has 0 aliphatic carbocycles. The van der Waals surface area contributed by atoms with E-state index in [0.717, 1.165) is 17.0 Å². The summed E-state index contributed by atoms with van der Waals surface area (Å²) in [6.07, 6.45) is 3.13. The molecule has 2 aromatic heterocycles. The summed E-state index contributed by atoms with van der Waals surface area (Å²) in [5, 5.41) is 3.28. The van der Waals surface area contributed by atoms with Crippen LogP contribution >= 0.6 is 0 Å². The predicted molar refractivity (Wildman–Crippen MR) is 75.5 cm³/mol. The zero-order chi connectivity index (χ0) is 13.2. The van der Waals surface area contributed by atoms with E-state index in [-0.39, 0.29) is 0 Å². The number of benzene rings is 1. The molecule has 0 fully saturated rings. The minimum atomic E-state index is 0.535. The number of hydrogen-bond acceptors (Lipinski definition) is 4. The molecule has 0 amide bonds. The summed E-state index contributed by atoms with van der Waals surface area (Å²) in [6.45, 7) is 4.36. The summed E-state index contributed by atoms with van der Waals surface area (Å²) in [5.74, 6) is 1.27. The fourth-order valence-corrected chi connectivity index (χ4v) is 1.95. The number of H-pyrrole nitrogens is 1. The van der Waals surface area contributed by atoms with Gasteiger partial charge in [-0.15, -0.1) is 0 Å². The third kappa shape index (κ3) is 2.27. The van der Waals surface area contributed by atoms with Crippen molar-refractivity contribution in [3.8, 4) is 0 Å². The lowest BCUT2D eigenvalue weighted by molar-refractivity contribution is 0.867. The van der Waals surface area contributed by atoms with E-state index in [0.29, 0.717) is 11.6 Å². The molecule has 0 saturated carbocycles. The molecule has 0 aliphatic rings. The Morgan fingerprint density at radius 3 is 2.58 bits per heavy atom. The van der Waals surface area contributed by atoms with Crippen molar-refractivity contribution in [3.05, 3.63) is 42.5 Å². The molecule has 5 heteroatoms. The van der Waals surface area contributed by atoms with E-state index in [4.69, 9.17) is 0 Å². The smallest absolute Gasteiger partial charge is 0.182 e. The highest BCUT2D eigenvalue weighted by atomic mass is 15.1. The largest absolute Gasteiger partial charge is 0.340 e. The first kappa shape index (κ1) is 11.6. The van der Waals surface area contributed by atoms with Crippen molar-refractivity contribution >= 4 is 22.7 Å². The lowest BCUT2D eigenvalue weighted by Gasteiger charge is -2.08. The van der Waals surface area contributed by atoms with Crippen LogP contribution in [-0.2, 0) is 0 Å². The first-order valence-electron chi connectivity index (χ1n) is 6.25. The molecule has 3 aromatic rings. The molecule has 0 unspecified atom stereocenters. The van der Waals surface area contributed by atoms with Crippen LogP contribution in [0.15, 0.2) is 36.9 Å². The Hall–Kier alpha value is -2.43. The van der Waals surface area contributed by atoms with Gasteiger partial charge in [0.05, 0.1) is 6.33 Å². The van der Waals surface area contributed by atoms with Crippen LogP contribution in [0, 0.1) is 0 Å². The number of fused-ring (bicyclic) bond motifs is 1. The Morgan fingerprint density at radius 2 is 1.84 bits per heavy atom. The average Bonchev–Trinajstić information content (AvgIpc) is 2.89. The standard InChI is InChI=1S/C14H15N5/c1-9(2)10-3-5-11(6-4-10)19-14-12-13(16-7-15-12)17-8-18-14/h3-9H,1-2H3,(H2,15,16,17,18,19). The van der Waals surface area contributed by atoms with E-state index in [1.54, 1.807) is 6.33 Å². The molecule has 96 valence electrons. The molecule has 2 N–H and O–H groups in total. The molecule has 0 saturated heterocycles. The molecular formula is C14H15N5. The van der Waals surface area contributed by atoms with Gasteiger partial charge in [0.1, 0.15) is 11.8 Å². The van der Waals surface area contributed by atoms with Gasteiger partial charge in [0.25, 0.3) is 0 Å². The third-order valence-electron chi connectivity index (χ3n) is 3.06. The first-order chi connectivity index (χ1) is 9.24. The van der Waals surface area contributed by atoms with Crippen LogP contribution < -0.4 is 5.32 Å². The summed E-state index contributed by atoms with van der Waals surface area (Å²) in [7, 11) is 0. The third-order valence-corrected chi connectivity index (χ3v) is 3.06. The van der Waals surface area contributed by atoms with Crippen molar-refractivity contribution in [1.29, 1.82) is 0 Å². The summed E-state index contributed by atoms with van der Waals surface area (Å²) in [6, 6.07) is 8.36. The quantitative estimate of drug-likeness (QED) is 0.752. The van der Waals surface area contributed by atoms with Crippen molar-refractivity contribution in [3.63, 3.8) is 0 Å². The Balaban J connectivity index is 1.90. The summed E-state index contributed by atoms with van der Waals surface area (Å²) >= 11 is 0. The Morgan fingerprint density at radius 1 is 1.05 bits per heavy atom. The van der Waals surface area contributed by atoms with E-state index in [1.807, 2.05) is 0 Å². The van der Waals surface area contributed by atoms with E-state index in [1.165, 1.54) is 11.9 Å². The van der Waals surface area contributed by atoms with Crippen LogP contribution in [0.5, 0.6) is 0 Å².